The van der Waals surface area contributed by atoms with E-state index in [4.69, 9.17) is 11.2 Å². The molecule has 2 rings (SSSR count). The number of alkyl halides is 2. The van der Waals surface area contributed by atoms with Crippen molar-refractivity contribution in [2.24, 2.45) is 0 Å². The van der Waals surface area contributed by atoms with Gasteiger partial charge in [0.1, 0.15) is 12.4 Å². The highest BCUT2D eigenvalue weighted by molar-refractivity contribution is 5.72. The van der Waals surface area contributed by atoms with Gasteiger partial charge < -0.3 is 9.64 Å². The molecule has 1 aliphatic heterocycles. The van der Waals surface area contributed by atoms with E-state index in [2.05, 4.69) is 12.5 Å². The van der Waals surface area contributed by atoms with Gasteiger partial charge in [-0.1, -0.05) is 12.5 Å². The van der Waals surface area contributed by atoms with Crippen molar-refractivity contribution >= 4 is 5.70 Å². The van der Waals surface area contributed by atoms with Crippen LogP contribution in [0, 0.1) is 12.3 Å². The van der Waals surface area contributed by atoms with Gasteiger partial charge in [0.05, 0.1) is 0 Å². The first-order valence-corrected chi connectivity index (χ1v) is 6.93. The summed E-state index contributed by atoms with van der Waals surface area (Å²) in [6, 6.07) is 7.01. The second-order valence-electron chi connectivity index (χ2n) is 4.69. The van der Waals surface area contributed by atoms with Crippen molar-refractivity contribution in [1.82, 2.24) is 4.90 Å². The quantitative estimate of drug-likeness (QED) is 0.760. The van der Waals surface area contributed by atoms with E-state index in [1.54, 1.807) is 12.1 Å². The first kappa shape index (κ1) is 15.8. The zero-order chi connectivity index (χ0) is 16.1. The normalized spacial score (nSPS) is 14.5. The molecule has 0 amide bonds. The molecular formula is C18H17F2NO. The maximum absolute atomic E-state index is 12.1. The highest BCUT2D eigenvalue weighted by Gasteiger charge is 2.18. The number of allylic oxidation sites excluding steroid dienone is 3. The molecular weight excluding hydrogens is 284 g/mol. The van der Waals surface area contributed by atoms with Crippen LogP contribution in [0.3, 0.4) is 0 Å². The predicted octanol–water partition coefficient (Wildman–Crippen LogP) is 4.08. The van der Waals surface area contributed by atoms with Crippen LogP contribution in [0.4, 0.5) is 8.78 Å². The lowest BCUT2D eigenvalue weighted by Gasteiger charge is -2.30. The number of benzene rings is 1. The third-order valence-corrected chi connectivity index (χ3v) is 3.33. The molecule has 114 valence electrons. The van der Waals surface area contributed by atoms with Crippen LogP contribution in [-0.4, -0.2) is 24.5 Å². The van der Waals surface area contributed by atoms with Gasteiger partial charge in [-0.25, -0.2) is 8.78 Å². The monoisotopic (exact) mass is 301 g/mol. The Morgan fingerprint density at radius 3 is 2.50 bits per heavy atom. The van der Waals surface area contributed by atoms with Crippen LogP contribution < -0.4 is 4.74 Å². The van der Waals surface area contributed by atoms with E-state index in [9.17, 15) is 8.78 Å². The Labute approximate surface area is 129 Å². The van der Waals surface area contributed by atoms with E-state index in [0.717, 1.165) is 29.1 Å². The third kappa shape index (κ3) is 3.37. The second-order valence-corrected chi connectivity index (χ2v) is 4.69. The SMILES string of the molecule is C#CC1=CC=C(c2ccc(OCC(F)F)cc2)N(CC)C1=C. The van der Waals surface area contributed by atoms with E-state index >= 15 is 0 Å². The Kier molecular flexibility index (Phi) is 5.00. The summed E-state index contributed by atoms with van der Waals surface area (Å²) >= 11 is 0. The molecule has 1 heterocycles. The van der Waals surface area contributed by atoms with E-state index in [-0.39, 0.29) is 0 Å². The van der Waals surface area contributed by atoms with Crippen LogP contribution >= 0.6 is 0 Å². The number of hydrogen-bond donors (Lipinski definition) is 0. The van der Waals surface area contributed by atoms with E-state index in [1.807, 2.05) is 36.1 Å². The topological polar surface area (TPSA) is 12.5 Å². The van der Waals surface area contributed by atoms with Crippen molar-refractivity contribution in [3.05, 3.63) is 59.8 Å². The van der Waals surface area contributed by atoms with Crippen LogP contribution in [0.5, 0.6) is 5.75 Å². The Morgan fingerprint density at radius 2 is 1.95 bits per heavy atom. The first-order valence-electron chi connectivity index (χ1n) is 6.93. The maximum atomic E-state index is 12.1. The molecule has 0 radical (unpaired) electrons. The Hall–Kier alpha value is -2.54. The van der Waals surface area contributed by atoms with Crippen LogP contribution in [-0.2, 0) is 0 Å². The van der Waals surface area contributed by atoms with Gasteiger partial charge in [0.2, 0.25) is 0 Å². The third-order valence-electron chi connectivity index (χ3n) is 3.33. The molecule has 22 heavy (non-hydrogen) atoms. The number of terminal acetylenes is 1. The largest absolute Gasteiger partial charge is 0.488 e. The highest BCUT2D eigenvalue weighted by Crippen LogP contribution is 2.31. The number of likely N-dealkylation sites (N-methyl/N-ethyl adjacent to an activating group) is 1. The fraction of sp³-hybridized carbons (Fsp3) is 0.222. The molecule has 0 atom stereocenters. The molecule has 0 aliphatic carbocycles. The van der Waals surface area contributed by atoms with Crippen molar-refractivity contribution in [2.45, 2.75) is 13.3 Å². The van der Waals surface area contributed by atoms with Crippen molar-refractivity contribution < 1.29 is 13.5 Å². The average Bonchev–Trinajstić information content (AvgIpc) is 2.53. The molecule has 1 aromatic rings. The highest BCUT2D eigenvalue weighted by atomic mass is 19.3. The van der Waals surface area contributed by atoms with Gasteiger partial charge in [-0.15, -0.1) is 6.42 Å². The summed E-state index contributed by atoms with van der Waals surface area (Å²) < 4.78 is 29.2. The molecule has 1 aromatic carbocycles. The minimum absolute atomic E-state index is 0.419. The molecule has 0 spiro atoms. The Morgan fingerprint density at radius 1 is 1.27 bits per heavy atom. The lowest BCUT2D eigenvalue weighted by molar-refractivity contribution is 0.0819. The maximum Gasteiger partial charge on any atom is 0.272 e. The molecule has 0 saturated carbocycles. The van der Waals surface area contributed by atoms with Crippen LogP contribution in [0.15, 0.2) is 54.3 Å². The van der Waals surface area contributed by atoms with E-state index < -0.39 is 13.0 Å². The van der Waals surface area contributed by atoms with Gasteiger partial charge in [-0.3, -0.25) is 0 Å². The lowest BCUT2D eigenvalue weighted by Crippen LogP contribution is -2.23. The molecule has 0 fully saturated rings. The fourth-order valence-corrected chi connectivity index (χ4v) is 2.27. The van der Waals surface area contributed by atoms with Crippen molar-refractivity contribution in [3.8, 4) is 18.1 Å². The van der Waals surface area contributed by atoms with Crippen molar-refractivity contribution in [3.63, 3.8) is 0 Å². The van der Waals surface area contributed by atoms with Gasteiger partial charge in [-0.2, -0.15) is 0 Å². The molecule has 0 aromatic heterocycles. The van der Waals surface area contributed by atoms with Gasteiger partial charge in [0, 0.05) is 23.5 Å². The van der Waals surface area contributed by atoms with Gasteiger partial charge in [0.25, 0.3) is 6.43 Å². The summed E-state index contributed by atoms with van der Waals surface area (Å²) in [4.78, 5) is 2.02. The molecule has 0 bridgehead atoms. The van der Waals surface area contributed by atoms with Gasteiger partial charge >= 0.3 is 0 Å². The second kappa shape index (κ2) is 6.95. The number of halogens is 2. The van der Waals surface area contributed by atoms with Gasteiger partial charge in [-0.05, 0) is 48.9 Å². The first-order chi connectivity index (χ1) is 10.6. The Bertz CT molecular complexity index is 651. The molecule has 0 unspecified atom stereocenters. The summed E-state index contributed by atoms with van der Waals surface area (Å²) in [5, 5.41) is 0. The minimum atomic E-state index is -2.48. The van der Waals surface area contributed by atoms with Crippen LogP contribution in [0.2, 0.25) is 0 Å². The average molecular weight is 301 g/mol. The number of rotatable bonds is 5. The lowest BCUT2D eigenvalue weighted by atomic mass is 10.0. The van der Waals surface area contributed by atoms with Crippen molar-refractivity contribution in [2.75, 3.05) is 13.2 Å². The zero-order valence-corrected chi connectivity index (χ0v) is 12.4. The van der Waals surface area contributed by atoms with E-state index in [1.165, 1.54) is 0 Å². The number of hydrogen-bond acceptors (Lipinski definition) is 2. The number of ether oxygens (including phenoxy) is 1. The standard InChI is InChI=1S/C18H17F2NO/c1-4-14-8-11-17(21(5-2)13(14)3)15-6-9-16(10-7-15)22-12-18(19)20/h1,6-11,18H,3,5,12H2,2H3. The smallest absolute Gasteiger partial charge is 0.272 e. The molecule has 0 saturated heterocycles. The molecule has 1 aliphatic rings. The molecule has 2 nitrogen and oxygen atoms in total. The zero-order valence-electron chi connectivity index (χ0n) is 12.4. The predicted molar refractivity (Wildman–Crippen MR) is 84.4 cm³/mol. The van der Waals surface area contributed by atoms with Crippen molar-refractivity contribution in [1.29, 1.82) is 0 Å². The summed E-state index contributed by atoms with van der Waals surface area (Å²) in [7, 11) is 0. The summed E-state index contributed by atoms with van der Waals surface area (Å²) in [6.07, 6.45) is 6.76. The summed E-state index contributed by atoms with van der Waals surface area (Å²) in [6.45, 7) is 6.17. The fourth-order valence-electron chi connectivity index (χ4n) is 2.27. The number of nitrogens with zero attached hydrogens (tertiary/aromatic N) is 1. The minimum Gasteiger partial charge on any atom is -0.488 e. The summed E-state index contributed by atoms with van der Waals surface area (Å²) in [5.41, 5.74) is 3.44. The molecule has 4 heteroatoms. The summed E-state index contributed by atoms with van der Waals surface area (Å²) in [5.74, 6) is 3.03. The van der Waals surface area contributed by atoms with Gasteiger partial charge in [0.15, 0.2) is 0 Å². The van der Waals surface area contributed by atoms with E-state index in [0.29, 0.717) is 5.75 Å². The Balaban J connectivity index is 2.23. The molecule has 0 N–H and O–H groups in total. The van der Waals surface area contributed by atoms with Crippen LogP contribution in [0.25, 0.3) is 5.70 Å². The van der Waals surface area contributed by atoms with Crippen LogP contribution in [0.1, 0.15) is 12.5 Å².